The van der Waals surface area contributed by atoms with E-state index in [1.165, 1.54) is 14.2 Å². The van der Waals surface area contributed by atoms with E-state index in [0.717, 1.165) is 4.47 Å². The van der Waals surface area contributed by atoms with Gasteiger partial charge in [-0.3, -0.25) is 0 Å². The number of carbonyl (C=O) groups excluding carboxylic acids is 1. The molecule has 2 rings (SSSR count). The molecular formula is C11H9BrN2O4. The maximum Gasteiger partial charge on any atom is 0.396 e. The first-order valence-electron chi connectivity index (χ1n) is 4.91. The SMILES string of the molecule is COC(=O)c1nnc(-c2ccc(Br)cc2OC)o1. The number of carbonyl (C=O) groups is 1. The topological polar surface area (TPSA) is 74.5 Å². The zero-order chi connectivity index (χ0) is 13.1. The summed E-state index contributed by atoms with van der Waals surface area (Å²) in [5.41, 5.74) is 0.600. The molecule has 0 saturated heterocycles. The number of benzene rings is 1. The number of halogens is 1. The quantitative estimate of drug-likeness (QED) is 0.809. The third-order valence-electron chi connectivity index (χ3n) is 2.18. The molecule has 1 aromatic heterocycles. The Morgan fingerprint density at radius 1 is 1.33 bits per heavy atom. The van der Waals surface area contributed by atoms with Crippen molar-refractivity contribution in [2.24, 2.45) is 0 Å². The lowest BCUT2D eigenvalue weighted by Crippen LogP contribution is -2.00. The van der Waals surface area contributed by atoms with Crippen molar-refractivity contribution in [3.63, 3.8) is 0 Å². The summed E-state index contributed by atoms with van der Waals surface area (Å²) in [5.74, 6) is -0.119. The van der Waals surface area contributed by atoms with Crippen LogP contribution in [0, 0.1) is 0 Å². The number of nitrogens with zero attached hydrogens (tertiary/aromatic N) is 2. The van der Waals surface area contributed by atoms with Crippen molar-refractivity contribution >= 4 is 21.9 Å². The summed E-state index contributed by atoms with van der Waals surface area (Å²) in [5, 5.41) is 7.38. The molecule has 0 unspecified atom stereocenters. The van der Waals surface area contributed by atoms with Gasteiger partial charge < -0.3 is 13.9 Å². The second-order valence-corrected chi connectivity index (χ2v) is 4.16. The van der Waals surface area contributed by atoms with Crippen LogP contribution in [-0.2, 0) is 4.74 Å². The van der Waals surface area contributed by atoms with Gasteiger partial charge in [-0.25, -0.2) is 4.79 Å². The van der Waals surface area contributed by atoms with Crippen molar-refractivity contribution in [1.29, 1.82) is 0 Å². The van der Waals surface area contributed by atoms with Gasteiger partial charge in [0.2, 0.25) is 0 Å². The van der Waals surface area contributed by atoms with Crippen LogP contribution in [0.3, 0.4) is 0 Å². The molecule has 0 amide bonds. The Labute approximate surface area is 111 Å². The summed E-state index contributed by atoms with van der Waals surface area (Å²) in [7, 11) is 2.77. The normalized spacial score (nSPS) is 10.2. The van der Waals surface area contributed by atoms with E-state index in [4.69, 9.17) is 9.15 Å². The molecule has 0 N–H and O–H groups in total. The van der Waals surface area contributed by atoms with Gasteiger partial charge >= 0.3 is 11.9 Å². The third-order valence-corrected chi connectivity index (χ3v) is 2.67. The fourth-order valence-electron chi connectivity index (χ4n) is 1.34. The highest BCUT2D eigenvalue weighted by Crippen LogP contribution is 2.31. The van der Waals surface area contributed by atoms with Crippen LogP contribution in [0.1, 0.15) is 10.7 Å². The maximum absolute atomic E-state index is 11.2. The second-order valence-electron chi connectivity index (χ2n) is 3.25. The van der Waals surface area contributed by atoms with Gasteiger partial charge in [0.15, 0.2) is 0 Å². The summed E-state index contributed by atoms with van der Waals surface area (Å²) < 4.78 is 15.8. The van der Waals surface area contributed by atoms with Crippen LogP contribution < -0.4 is 4.74 Å². The number of hydrogen-bond donors (Lipinski definition) is 0. The van der Waals surface area contributed by atoms with Gasteiger partial charge in [0.05, 0.1) is 19.8 Å². The molecule has 0 bridgehead atoms. The molecule has 0 saturated carbocycles. The molecule has 0 aliphatic heterocycles. The van der Waals surface area contributed by atoms with Crippen LogP contribution in [0.25, 0.3) is 11.5 Å². The smallest absolute Gasteiger partial charge is 0.396 e. The lowest BCUT2D eigenvalue weighted by atomic mass is 10.2. The van der Waals surface area contributed by atoms with Gasteiger partial charge in [0, 0.05) is 4.47 Å². The van der Waals surface area contributed by atoms with Crippen LogP contribution in [0.4, 0.5) is 0 Å². The zero-order valence-corrected chi connectivity index (χ0v) is 11.2. The first kappa shape index (κ1) is 12.6. The number of esters is 1. The average molecular weight is 313 g/mol. The summed E-state index contributed by atoms with van der Waals surface area (Å²) in [6.07, 6.45) is 0. The van der Waals surface area contributed by atoms with E-state index < -0.39 is 5.97 Å². The fraction of sp³-hybridized carbons (Fsp3) is 0.182. The Morgan fingerprint density at radius 3 is 2.78 bits per heavy atom. The van der Waals surface area contributed by atoms with E-state index in [1.54, 1.807) is 18.2 Å². The molecule has 0 spiro atoms. The molecule has 0 atom stereocenters. The standard InChI is InChI=1S/C11H9BrN2O4/c1-16-8-5-6(12)3-4-7(8)9-13-14-10(18-9)11(15)17-2/h3-5H,1-2H3. The molecule has 94 valence electrons. The van der Waals surface area contributed by atoms with Crippen molar-refractivity contribution in [1.82, 2.24) is 10.2 Å². The summed E-state index contributed by atoms with van der Waals surface area (Å²) in [4.78, 5) is 11.2. The van der Waals surface area contributed by atoms with Crippen molar-refractivity contribution in [2.75, 3.05) is 14.2 Å². The lowest BCUT2D eigenvalue weighted by molar-refractivity contribution is 0.0556. The Balaban J connectivity index is 2.42. The highest BCUT2D eigenvalue weighted by Gasteiger charge is 2.18. The number of aromatic nitrogens is 2. The van der Waals surface area contributed by atoms with Crippen molar-refractivity contribution < 1.29 is 18.7 Å². The Bertz CT molecular complexity index is 582. The minimum absolute atomic E-state index is 0.194. The average Bonchev–Trinajstić information content (AvgIpc) is 2.87. The van der Waals surface area contributed by atoms with Crippen molar-refractivity contribution in [2.45, 2.75) is 0 Å². The Morgan fingerprint density at radius 2 is 2.11 bits per heavy atom. The van der Waals surface area contributed by atoms with E-state index in [9.17, 15) is 4.79 Å². The number of ether oxygens (including phenoxy) is 2. The first-order chi connectivity index (χ1) is 8.65. The lowest BCUT2D eigenvalue weighted by Gasteiger charge is -2.04. The summed E-state index contributed by atoms with van der Waals surface area (Å²) in [6, 6.07) is 5.31. The van der Waals surface area contributed by atoms with Gasteiger partial charge in [-0.05, 0) is 18.2 Å². The first-order valence-corrected chi connectivity index (χ1v) is 5.70. The van der Waals surface area contributed by atoms with E-state index in [1.807, 2.05) is 0 Å². The minimum atomic E-state index is -0.676. The van der Waals surface area contributed by atoms with Crippen LogP contribution in [-0.4, -0.2) is 30.4 Å². The van der Waals surface area contributed by atoms with Crippen LogP contribution in [0.5, 0.6) is 5.75 Å². The monoisotopic (exact) mass is 312 g/mol. The van der Waals surface area contributed by atoms with E-state index in [-0.39, 0.29) is 11.8 Å². The molecular weight excluding hydrogens is 304 g/mol. The molecule has 1 aromatic carbocycles. The van der Waals surface area contributed by atoms with Crippen LogP contribution >= 0.6 is 15.9 Å². The minimum Gasteiger partial charge on any atom is -0.496 e. The molecule has 1 heterocycles. The van der Waals surface area contributed by atoms with Gasteiger partial charge in [0.25, 0.3) is 5.89 Å². The van der Waals surface area contributed by atoms with Crippen molar-refractivity contribution in [3.05, 3.63) is 28.6 Å². The van der Waals surface area contributed by atoms with Gasteiger partial charge in [-0.1, -0.05) is 15.9 Å². The molecule has 6 nitrogen and oxygen atoms in total. The Hall–Kier alpha value is -1.89. The van der Waals surface area contributed by atoms with E-state index >= 15 is 0 Å². The molecule has 18 heavy (non-hydrogen) atoms. The summed E-state index contributed by atoms with van der Waals surface area (Å²) >= 11 is 3.33. The number of methoxy groups -OCH3 is 2. The predicted octanol–water partition coefficient (Wildman–Crippen LogP) is 2.29. The second kappa shape index (κ2) is 5.18. The molecule has 7 heteroatoms. The largest absolute Gasteiger partial charge is 0.496 e. The van der Waals surface area contributed by atoms with E-state index in [0.29, 0.717) is 11.3 Å². The highest BCUT2D eigenvalue weighted by molar-refractivity contribution is 9.10. The van der Waals surface area contributed by atoms with Gasteiger partial charge in [-0.15, -0.1) is 10.2 Å². The van der Waals surface area contributed by atoms with E-state index in [2.05, 4.69) is 30.9 Å². The summed E-state index contributed by atoms with van der Waals surface area (Å²) in [6.45, 7) is 0. The van der Waals surface area contributed by atoms with Crippen molar-refractivity contribution in [3.8, 4) is 17.2 Å². The number of hydrogen-bond acceptors (Lipinski definition) is 6. The Kier molecular flexibility index (Phi) is 3.61. The molecule has 0 radical (unpaired) electrons. The zero-order valence-electron chi connectivity index (χ0n) is 9.64. The fourth-order valence-corrected chi connectivity index (χ4v) is 1.68. The molecule has 0 aliphatic carbocycles. The number of rotatable bonds is 3. The van der Waals surface area contributed by atoms with Gasteiger partial charge in [0.1, 0.15) is 5.75 Å². The maximum atomic E-state index is 11.2. The third kappa shape index (κ3) is 2.35. The highest BCUT2D eigenvalue weighted by atomic mass is 79.9. The van der Waals surface area contributed by atoms with Crippen LogP contribution in [0.15, 0.2) is 27.1 Å². The molecule has 2 aromatic rings. The predicted molar refractivity (Wildman–Crippen MR) is 65.3 cm³/mol. The van der Waals surface area contributed by atoms with Crippen LogP contribution in [0.2, 0.25) is 0 Å². The molecule has 0 aliphatic rings. The van der Waals surface area contributed by atoms with Gasteiger partial charge in [-0.2, -0.15) is 0 Å². The molecule has 0 fully saturated rings.